The maximum atomic E-state index is 11.1. The van der Waals surface area contributed by atoms with E-state index in [1.165, 1.54) is 0 Å². The Kier molecular flexibility index (Phi) is 16.0. The minimum atomic E-state index is -1.62. The lowest BCUT2D eigenvalue weighted by molar-refractivity contribution is -0.310. The van der Waals surface area contributed by atoms with E-state index >= 15 is 0 Å². The molecule has 3 saturated heterocycles. The number of hydrogen-bond acceptors (Lipinski definition) is 21. The molecule has 0 amide bonds. The van der Waals surface area contributed by atoms with Crippen LogP contribution < -0.4 is 28.7 Å². The Balaban J connectivity index is 0.000000323. The third-order valence-electron chi connectivity index (χ3n) is 11.5. The van der Waals surface area contributed by atoms with Gasteiger partial charge >= 0.3 is 0 Å². The van der Waals surface area contributed by atoms with Crippen LogP contribution in [-0.2, 0) is 33.8 Å². The molecule has 20 N–H and O–H groups in total. The number of rotatable bonds is 11. The van der Waals surface area contributed by atoms with Crippen LogP contribution in [0.2, 0.25) is 0 Å². The normalized spacial score (nSPS) is 41.6. The Hall–Kier alpha value is -2.72. The number of aliphatic hydroxyl groups is 8. The predicted octanol–water partition coefficient (Wildman–Crippen LogP) is -5.44. The number of ether oxygens (including phenoxy) is 6. The van der Waals surface area contributed by atoms with Crippen LogP contribution in [0.15, 0.2) is 48.5 Å². The highest BCUT2D eigenvalue weighted by Crippen LogP contribution is 2.35. The van der Waals surface area contributed by atoms with E-state index in [2.05, 4.69) is 13.8 Å². The molecule has 2 aromatic rings. The smallest absolute Gasteiger partial charge is 0.187 e. The number of aliphatic hydroxyl groups excluding tert-OH is 8. The van der Waals surface area contributed by atoms with Crippen LogP contribution in [0.4, 0.5) is 0 Å². The summed E-state index contributed by atoms with van der Waals surface area (Å²) in [5, 5.41) is 101. The van der Waals surface area contributed by atoms with Crippen LogP contribution >= 0.6 is 0 Å². The van der Waals surface area contributed by atoms with Crippen molar-refractivity contribution >= 4 is 0 Å². The fourth-order valence-corrected chi connectivity index (χ4v) is 7.62. The SMILES string of the molecule is CC(C)(c1ccc(O)cc1)c1ccc(O)cc1.NC[C@@H]1O[C@H](O[C@H]2[C@@H](O)[C@H](O[C@@H]3[C@@H](O)[C@H](N)C[C@H](N)[C@H]3O[C@H]3O[C@H](CO)[C@@H](O)[C@H](O)[C@H]3N)O[C@@H]2CO)[C@H](N)[C@@H](O)[C@@H]1O. The van der Waals surface area contributed by atoms with E-state index in [-0.39, 0.29) is 29.9 Å². The van der Waals surface area contributed by atoms with Crippen molar-refractivity contribution in [2.75, 3.05) is 19.8 Å². The third kappa shape index (κ3) is 10.3. The molecule has 21 heteroatoms. The lowest BCUT2D eigenvalue weighted by Crippen LogP contribution is -2.68. The molecule has 0 bridgehead atoms. The lowest BCUT2D eigenvalue weighted by Gasteiger charge is -2.47. The molecule has 0 radical (unpaired) electrons. The zero-order valence-corrected chi connectivity index (χ0v) is 32.7. The molecule has 4 fully saturated rings. The van der Waals surface area contributed by atoms with Crippen LogP contribution in [-0.4, -0.2) is 187 Å². The van der Waals surface area contributed by atoms with Crippen LogP contribution in [0.25, 0.3) is 0 Å². The summed E-state index contributed by atoms with van der Waals surface area (Å²) in [6, 6.07) is 10.1. The van der Waals surface area contributed by atoms with E-state index in [0.29, 0.717) is 0 Å². The Labute approximate surface area is 340 Å². The molecule has 0 unspecified atom stereocenters. The van der Waals surface area contributed by atoms with Gasteiger partial charge in [0.15, 0.2) is 18.9 Å². The van der Waals surface area contributed by atoms with Gasteiger partial charge in [-0.2, -0.15) is 0 Å². The highest BCUT2D eigenvalue weighted by atomic mass is 16.8. The number of phenols is 2. The Morgan fingerprint density at radius 1 is 0.542 bits per heavy atom. The first kappa shape index (κ1) is 47.3. The molecule has 1 aliphatic carbocycles. The largest absolute Gasteiger partial charge is 0.508 e. The number of aromatic hydroxyl groups is 2. The number of phenolic OH excluding ortho intramolecular Hbond substituents is 2. The predicted molar refractivity (Wildman–Crippen MR) is 205 cm³/mol. The van der Waals surface area contributed by atoms with Crippen molar-refractivity contribution < 1.29 is 79.5 Å². The summed E-state index contributed by atoms with van der Waals surface area (Å²) in [5.74, 6) is 0.547. The van der Waals surface area contributed by atoms with Crippen LogP contribution in [0, 0.1) is 0 Å². The second-order valence-corrected chi connectivity index (χ2v) is 15.9. The van der Waals surface area contributed by atoms with Gasteiger partial charge in [-0.1, -0.05) is 38.1 Å². The maximum absolute atomic E-state index is 11.1. The average Bonchev–Trinajstić information content (AvgIpc) is 3.51. The molecule has 0 aromatic heterocycles. The van der Waals surface area contributed by atoms with Crippen molar-refractivity contribution in [1.29, 1.82) is 0 Å². The molecule has 2 aromatic carbocycles. The van der Waals surface area contributed by atoms with Crippen molar-refractivity contribution in [3.05, 3.63) is 59.7 Å². The highest BCUT2D eigenvalue weighted by molar-refractivity contribution is 5.41. The molecule has 3 heterocycles. The van der Waals surface area contributed by atoms with Gasteiger partial charge in [0.25, 0.3) is 0 Å². The Bertz CT molecular complexity index is 1550. The Morgan fingerprint density at radius 2 is 0.966 bits per heavy atom. The van der Waals surface area contributed by atoms with E-state index in [4.69, 9.17) is 57.1 Å². The molecule has 19 atom stereocenters. The quantitative estimate of drug-likeness (QED) is 0.100. The summed E-state index contributed by atoms with van der Waals surface area (Å²) in [5.41, 5.74) is 32.0. The van der Waals surface area contributed by atoms with Crippen molar-refractivity contribution in [3.8, 4) is 11.5 Å². The van der Waals surface area contributed by atoms with Gasteiger partial charge in [0.2, 0.25) is 0 Å². The fraction of sp³-hybridized carbons (Fsp3) is 0.684. The summed E-state index contributed by atoms with van der Waals surface area (Å²) in [6.07, 6.45) is -20.5. The van der Waals surface area contributed by atoms with Crippen molar-refractivity contribution in [2.45, 2.75) is 142 Å². The summed E-state index contributed by atoms with van der Waals surface area (Å²) < 4.78 is 34.4. The summed E-state index contributed by atoms with van der Waals surface area (Å²) in [6.45, 7) is 2.75. The molecule has 21 nitrogen and oxygen atoms in total. The van der Waals surface area contributed by atoms with Gasteiger partial charge < -0.3 is 108 Å². The molecule has 3 aliphatic heterocycles. The van der Waals surface area contributed by atoms with E-state index in [9.17, 15) is 51.1 Å². The van der Waals surface area contributed by atoms with Crippen LogP contribution in [0.1, 0.15) is 31.4 Å². The molecule has 4 aliphatic rings. The summed E-state index contributed by atoms with van der Waals surface area (Å²) in [7, 11) is 0. The van der Waals surface area contributed by atoms with Crippen molar-refractivity contribution in [3.63, 3.8) is 0 Å². The standard InChI is InChI=1S/C23H45N5O14.C15H16O2/c24-2-7-13(32)15(34)10(27)21(37-7)41-19-9(4-30)39-23(17(19)36)42-20-12(31)5(25)1-6(26)18(20)40-22-11(28)16(35)14(33)8(3-29)38-22;1-15(2,11-3-7-13(16)8-4-11)12-5-9-14(17)10-6-12/h5-23,29-36H,1-4,24-28H2;3-10,16-17H,1-2H3/t5-,6+,7+,8-,9-,10-,11-,12+,13-,14-,15-,16-,17-,18-,19-,20-,21-,22-,23+;/m1./s1. The van der Waals surface area contributed by atoms with Gasteiger partial charge in [-0.05, 0) is 41.8 Å². The van der Waals surface area contributed by atoms with E-state index < -0.39 is 129 Å². The van der Waals surface area contributed by atoms with E-state index in [1.807, 2.05) is 24.3 Å². The zero-order valence-electron chi connectivity index (χ0n) is 32.7. The van der Waals surface area contributed by atoms with E-state index in [0.717, 1.165) is 11.1 Å². The first-order chi connectivity index (χ1) is 27.8. The summed E-state index contributed by atoms with van der Waals surface area (Å²) >= 11 is 0. The number of hydrogen-bond donors (Lipinski definition) is 15. The number of benzene rings is 2. The second kappa shape index (κ2) is 20.0. The molecular formula is C38H61N5O16. The van der Waals surface area contributed by atoms with Gasteiger partial charge in [0.1, 0.15) is 78.6 Å². The molecule has 59 heavy (non-hydrogen) atoms. The van der Waals surface area contributed by atoms with Gasteiger partial charge in [-0.3, -0.25) is 0 Å². The molecule has 1 saturated carbocycles. The zero-order chi connectivity index (χ0) is 43.5. The minimum Gasteiger partial charge on any atom is -0.508 e. The first-order valence-electron chi connectivity index (χ1n) is 19.4. The minimum absolute atomic E-state index is 0.0642. The van der Waals surface area contributed by atoms with Crippen LogP contribution in [0.3, 0.4) is 0 Å². The molecular weight excluding hydrogens is 782 g/mol. The lowest BCUT2D eigenvalue weighted by atomic mass is 9.78. The maximum Gasteiger partial charge on any atom is 0.187 e. The van der Waals surface area contributed by atoms with Crippen molar-refractivity contribution in [2.24, 2.45) is 28.7 Å². The van der Waals surface area contributed by atoms with Gasteiger partial charge in [0.05, 0.1) is 31.4 Å². The summed E-state index contributed by atoms with van der Waals surface area (Å²) in [4.78, 5) is 0. The molecule has 6 rings (SSSR count). The van der Waals surface area contributed by atoms with Crippen LogP contribution in [0.5, 0.6) is 11.5 Å². The van der Waals surface area contributed by atoms with Gasteiger partial charge in [-0.15, -0.1) is 0 Å². The third-order valence-corrected chi connectivity index (χ3v) is 11.5. The van der Waals surface area contributed by atoms with E-state index in [1.54, 1.807) is 24.3 Å². The van der Waals surface area contributed by atoms with Crippen molar-refractivity contribution in [1.82, 2.24) is 0 Å². The van der Waals surface area contributed by atoms with Gasteiger partial charge in [0, 0.05) is 24.0 Å². The first-order valence-corrected chi connectivity index (χ1v) is 19.4. The monoisotopic (exact) mass is 843 g/mol. The average molecular weight is 844 g/mol. The molecule has 0 spiro atoms. The molecule has 334 valence electrons. The highest BCUT2D eigenvalue weighted by Gasteiger charge is 2.54. The topological polar surface area (TPSA) is 388 Å². The van der Waals surface area contributed by atoms with Gasteiger partial charge in [-0.25, -0.2) is 0 Å². The Morgan fingerprint density at radius 3 is 1.44 bits per heavy atom. The fourth-order valence-electron chi connectivity index (χ4n) is 7.62. The number of nitrogens with two attached hydrogens (primary N) is 5. The second-order valence-electron chi connectivity index (χ2n) is 15.9.